The fourth-order valence-corrected chi connectivity index (χ4v) is 3.30. The summed E-state index contributed by atoms with van der Waals surface area (Å²) >= 11 is 0. The molecule has 0 aliphatic heterocycles. The third kappa shape index (κ3) is 4.13. The molecule has 2 amide bonds. The van der Waals surface area contributed by atoms with Gasteiger partial charge in [-0.3, -0.25) is 9.59 Å². The van der Waals surface area contributed by atoms with Crippen molar-refractivity contribution in [3.8, 4) is 0 Å². The minimum atomic E-state index is -0.262. The van der Waals surface area contributed by atoms with Crippen molar-refractivity contribution in [3.05, 3.63) is 53.3 Å². The fourth-order valence-electron chi connectivity index (χ4n) is 3.30. The molecule has 0 fully saturated rings. The van der Waals surface area contributed by atoms with E-state index in [9.17, 15) is 9.59 Å². The molecule has 3 aromatic rings. The minimum absolute atomic E-state index is 0.0496. The lowest BCUT2D eigenvalue weighted by molar-refractivity contribution is 0.0772. The lowest BCUT2D eigenvalue weighted by Gasteiger charge is -2.19. The number of anilines is 1. The molecule has 1 N–H and O–H groups in total. The standard InChI is InChI=1S/C22H27N5O2/c1-6-26(7-2)22(29)16-9-8-10-18(11-16)25-21(28)19-12-17-13-23-27(14(3)4)20(17)24-15(19)5/h8-14H,6-7H2,1-5H3,(H,25,28). The van der Waals surface area contributed by atoms with Crippen LogP contribution >= 0.6 is 0 Å². The fraction of sp³-hybridized carbons (Fsp3) is 0.364. The van der Waals surface area contributed by atoms with E-state index in [1.165, 1.54) is 0 Å². The van der Waals surface area contributed by atoms with Crippen molar-refractivity contribution in [2.24, 2.45) is 0 Å². The smallest absolute Gasteiger partial charge is 0.257 e. The monoisotopic (exact) mass is 393 g/mol. The average Bonchev–Trinajstić information content (AvgIpc) is 3.11. The highest BCUT2D eigenvalue weighted by atomic mass is 16.2. The van der Waals surface area contributed by atoms with E-state index >= 15 is 0 Å². The van der Waals surface area contributed by atoms with Gasteiger partial charge in [-0.05, 0) is 58.9 Å². The third-order valence-corrected chi connectivity index (χ3v) is 4.91. The zero-order chi connectivity index (χ0) is 21.1. The summed E-state index contributed by atoms with van der Waals surface area (Å²) in [6.07, 6.45) is 1.72. The highest BCUT2D eigenvalue weighted by molar-refractivity contribution is 6.07. The number of aryl methyl sites for hydroxylation is 1. The summed E-state index contributed by atoms with van der Waals surface area (Å²) in [7, 11) is 0. The first-order valence-electron chi connectivity index (χ1n) is 9.91. The summed E-state index contributed by atoms with van der Waals surface area (Å²) in [6, 6.07) is 9.00. The predicted molar refractivity (Wildman–Crippen MR) is 114 cm³/mol. The molecule has 7 heteroatoms. The van der Waals surface area contributed by atoms with Gasteiger partial charge >= 0.3 is 0 Å². The van der Waals surface area contributed by atoms with E-state index in [1.54, 1.807) is 35.4 Å². The van der Waals surface area contributed by atoms with E-state index < -0.39 is 0 Å². The van der Waals surface area contributed by atoms with Gasteiger partial charge in [0, 0.05) is 35.8 Å². The number of nitrogens with one attached hydrogen (secondary N) is 1. The van der Waals surface area contributed by atoms with Gasteiger partial charge in [0.15, 0.2) is 5.65 Å². The van der Waals surface area contributed by atoms with Gasteiger partial charge in [0.1, 0.15) is 0 Å². The molecular formula is C22H27N5O2. The molecule has 3 rings (SSSR count). The number of hydrogen-bond donors (Lipinski definition) is 1. The Morgan fingerprint density at radius 2 is 1.90 bits per heavy atom. The second-order valence-corrected chi connectivity index (χ2v) is 7.23. The average molecular weight is 393 g/mol. The highest BCUT2D eigenvalue weighted by Crippen LogP contribution is 2.21. The van der Waals surface area contributed by atoms with E-state index in [2.05, 4.69) is 15.4 Å². The van der Waals surface area contributed by atoms with Gasteiger partial charge < -0.3 is 10.2 Å². The largest absolute Gasteiger partial charge is 0.339 e. The zero-order valence-corrected chi connectivity index (χ0v) is 17.6. The first-order valence-corrected chi connectivity index (χ1v) is 9.91. The maximum absolute atomic E-state index is 12.9. The molecule has 7 nitrogen and oxygen atoms in total. The van der Waals surface area contributed by atoms with Crippen molar-refractivity contribution < 1.29 is 9.59 Å². The topological polar surface area (TPSA) is 80.1 Å². The van der Waals surface area contributed by atoms with Crippen molar-refractivity contribution in [1.29, 1.82) is 0 Å². The first-order chi connectivity index (χ1) is 13.8. The molecule has 0 unspecified atom stereocenters. The number of rotatable bonds is 6. The highest BCUT2D eigenvalue weighted by Gasteiger charge is 2.17. The molecule has 0 aliphatic carbocycles. The van der Waals surface area contributed by atoms with Crippen LogP contribution in [-0.4, -0.2) is 44.6 Å². The second-order valence-electron chi connectivity index (χ2n) is 7.23. The van der Waals surface area contributed by atoms with Gasteiger partial charge in [0.25, 0.3) is 11.8 Å². The van der Waals surface area contributed by atoms with E-state index in [-0.39, 0.29) is 17.9 Å². The van der Waals surface area contributed by atoms with Crippen LogP contribution in [0.5, 0.6) is 0 Å². The number of carbonyl (C=O) groups excluding carboxylic acids is 2. The third-order valence-electron chi connectivity index (χ3n) is 4.91. The molecule has 2 aromatic heterocycles. The van der Waals surface area contributed by atoms with Gasteiger partial charge in [-0.15, -0.1) is 0 Å². The number of fused-ring (bicyclic) bond motifs is 1. The van der Waals surface area contributed by atoms with Gasteiger partial charge in [0.05, 0.1) is 17.5 Å². The maximum Gasteiger partial charge on any atom is 0.257 e. The second kappa shape index (κ2) is 8.43. The lowest BCUT2D eigenvalue weighted by atomic mass is 10.1. The SMILES string of the molecule is CCN(CC)C(=O)c1cccc(NC(=O)c2cc3cnn(C(C)C)c3nc2C)c1. The molecule has 0 radical (unpaired) electrons. The molecule has 0 atom stereocenters. The number of carbonyl (C=O) groups is 2. The molecule has 0 aliphatic rings. The number of hydrogen-bond acceptors (Lipinski definition) is 4. The molecule has 0 bridgehead atoms. The van der Waals surface area contributed by atoms with Gasteiger partial charge in [-0.25, -0.2) is 9.67 Å². The van der Waals surface area contributed by atoms with Crippen molar-refractivity contribution in [1.82, 2.24) is 19.7 Å². The first kappa shape index (κ1) is 20.5. The Hall–Kier alpha value is -3.22. The van der Waals surface area contributed by atoms with Crippen LogP contribution in [0.1, 0.15) is 60.1 Å². The lowest BCUT2D eigenvalue weighted by Crippen LogP contribution is -2.30. The summed E-state index contributed by atoms with van der Waals surface area (Å²) in [5, 5.41) is 8.07. The van der Waals surface area contributed by atoms with Gasteiger partial charge in [-0.1, -0.05) is 6.07 Å². The summed E-state index contributed by atoms with van der Waals surface area (Å²) in [6.45, 7) is 11.1. The Kier molecular flexibility index (Phi) is 5.96. The van der Waals surface area contributed by atoms with E-state index in [0.29, 0.717) is 35.6 Å². The molecule has 1 aromatic carbocycles. The number of benzene rings is 1. The Bertz CT molecular complexity index is 1050. The minimum Gasteiger partial charge on any atom is -0.339 e. The molecule has 0 saturated carbocycles. The number of nitrogens with zero attached hydrogens (tertiary/aromatic N) is 4. The van der Waals surface area contributed by atoms with Crippen LogP contribution < -0.4 is 5.32 Å². The summed E-state index contributed by atoms with van der Waals surface area (Å²) < 4.78 is 1.84. The maximum atomic E-state index is 12.9. The van der Waals surface area contributed by atoms with E-state index in [1.807, 2.05) is 45.4 Å². The van der Waals surface area contributed by atoms with Gasteiger partial charge in [0.2, 0.25) is 0 Å². The Morgan fingerprint density at radius 1 is 1.17 bits per heavy atom. The van der Waals surface area contributed by atoms with Crippen molar-refractivity contribution in [3.63, 3.8) is 0 Å². The van der Waals surface area contributed by atoms with Crippen LogP contribution in [0.15, 0.2) is 36.5 Å². The molecule has 0 saturated heterocycles. The van der Waals surface area contributed by atoms with Crippen LogP contribution in [-0.2, 0) is 0 Å². The van der Waals surface area contributed by atoms with Gasteiger partial charge in [-0.2, -0.15) is 5.10 Å². The van der Waals surface area contributed by atoms with Crippen LogP contribution in [0.25, 0.3) is 11.0 Å². The molecule has 0 spiro atoms. The number of aromatic nitrogens is 3. The molecule has 152 valence electrons. The molecule has 29 heavy (non-hydrogen) atoms. The summed E-state index contributed by atoms with van der Waals surface area (Å²) in [5.41, 5.74) is 3.01. The number of amides is 2. The van der Waals surface area contributed by atoms with Crippen LogP contribution in [0.2, 0.25) is 0 Å². The summed E-state index contributed by atoms with van der Waals surface area (Å²) in [4.78, 5) is 31.8. The normalized spacial score (nSPS) is 11.1. The number of pyridine rings is 1. The quantitative estimate of drug-likeness (QED) is 0.685. The Morgan fingerprint density at radius 3 is 2.55 bits per heavy atom. The predicted octanol–water partition coefficient (Wildman–Crippen LogP) is 4.05. The van der Waals surface area contributed by atoms with Crippen LogP contribution in [0.4, 0.5) is 5.69 Å². The molecule has 2 heterocycles. The van der Waals surface area contributed by atoms with Crippen molar-refractivity contribution >= 4 is 28.5 Å². The zero-order valence-electron chi connectivity index (χ0n) is 17.6. The Labute approximate surface area is 170 Å². The van der Waals surface area contributed by atoms with E-state index in [0.717, 1.165) is 11.0 Å². The van der Waals surface area contributed by atoms with Crippen LogP contribution in [0.3, 0.4) is 0 Å². The molecular weight excluding hydrogens is 366 g/mol. The van der Waals surface area contributed by atoms with Crippen molar-refractivity contribution in [2.45, 2.75) is 40.7 Å². The van der Waals surface area contributed by atoms with Crippen LogP contribution in [0, 0.1) is 6.92 Å². The van der Waals surface area contributed by atoms with Crippen molar-refractivity contribution in [2.75, 3.05) is 18.4 Å². The summed E-state index contributed by atoms with van der Waals surface area (Å²) in [5.74, 6) is -0.312. The Balaban J connectivity index is 1.86. The van der Waals surface area contributed by atoms with E-state index in [4.69, 9.17) is 0 Å².